The van der Waals surface area contributed by atoms with Crippen LogP contribution in [0.1, 0.15) is 47.1 Å². The zero-order chi connectivity index (χ0) is 18.0. The highest BCUT2D eigenvalue weighted by atomic mass is 32.1. The number of carbonyl (C=O) groups excluding carboxylic acids is 2. The van der Waals surface area contributed by atoms with Gasteiger partial charge in [0.1, 0.15) is 0 Å². The SMILES string of the molecule is CCCN1C(=O)C(O)=C(C(=O)c2cccs2)C1c1ccc(CC)cc1. The Morgan fingerprint density at radius 3 is 2.48 bits per heavy atom. The Labute approximate surface area is 151 Å². The Bertz CT molecular complexity index is 806. The van der Waals surface area contributed by atoms with E-state index in [0.29, 0.717) is 11.4 Å². The molecule has 1 aliphatic heterocycles. The third-order valence-electron chi connectivity index (χ3n) is 4.46. The van der Waals surface area contributed by atoms with E-state index in [4.69, 9.17) is 0 Å². The Kier molecular flexibility index (Phi) is 5.04. The molecule has 1 aromatic carbocycles. The predicted molar refractivity (Wildman–Crippen MR) is 98.9 cm³/mol. The van der Waals surface area contributed by atoms with Crippen LogP contribution in [-0.4, -0.2) is 28.2 Å². The summed E-state index contributed by atoms with van der Waals surface area (Å²) < 4.78 is 0. The van der Waals surface area contributed by atoms with Crippen molar-refractivity contribution in [3.05, 3.63) is 69.1 Å². The van der Waals surface area contributed by atoms with E-state index >= 15 is 0 Å². The van der Waals surface area contributed by atoms with Gasteiger partial charge in [-0.05, 0) is 35.4 Å². The van der Waals surface area contributed by atoms with Gasteiger partial charge in [-0.15, -0.1) is 11.3 Å². The standard InChI is InChI=1S/C20H21NO3S/c1-3-11-21-17(14-9-7-13(4-2)8-10-14)16(19(23)20(21)24)18(22)15-6-5-12-25-15/h5-10,12,17,23H,3-4,11H2,1-2H3. The van der Waals surface area contributed by atoms with Crippen molar-refractivity contribution in [1.29, 1.82) is 0 Å². The number of carbonyl (C=O) groups is 2. The number of ketones is 1. The number of hydrogen-bond acceptors (Lipinski definition) is 4. The van der Waals surface area contributed by atoms with Crippen LogP contribution in [0.15, 0.2) is 53.1 Å². The van der Waals surface area contributed by atoms with Crippen LogP contribution in [0.25, 0.3) is 0 Å². The second-order valence-electron chi connectivity index (χ2n) is 6.06. The van der Waals surface area contributed by atoms with E-state index in [-0.39, 0.29) is 11.4 Å². The Balaban J connectivity index is 2.07. The van der Waals surface area contributed by atoms with Gasteiger partial charge >= 0.3 is 0 Å². The maximum absolute atomic E-state index is 12.9. The molecule has 25 heavy (non-hydrogen) atoms. The second kappa shape index (κ2) is 7.23. The van der Waals surface area contributed by atoms with Gasteiger partial charge in [0.2, 0.25) is 5.78 Å². The monoisotopic (exact) mass is 355 g/mol. The van der Waals surface area contributed by atoms with Crippen molar-refractivity contribution in [3.63, 3.8) is 0 Å². The molecule has 0 bridgehead atoms. The number of hydrogen-bond donors (Lipinski definition) is 1. The summed E-state index contributed by atoms with van der Waals surface area (Å²) in [6.45, 7) is 4.54. The van der Waals surface area contributed by atoms with Gasteiger partial charge in [0.15, 0.2) is 5.76 Å². The van der Waals surface area contributed by atoms with Gasteiger partial charge in [-0.1, -0.05) is 44.2 Å². The summed E-state index contributed by atoms with van der Waals surface area (Å²) in [5, 5.41) is 12.2. The number of aliphatic hydroxyl groups is 1. The minimum absolute atomic E-state index is 0.185. The van der Waals surface area contributed by atoms with E-state index in [1.165, 1.54) is 16.9 Å². The molecule has 0 saturated carbocycles. The van der Waals surface area contributed by atoms with E-state index in [0.717, 1.165) is 18.4 Å². The lowest BCUT2D eigenvalue weighted by Gasteiger charge is -2.26. The van der Waals surface area contributed by atoms with Gasteiger partial charge in [0.05, 0.1) is 16.5 Å². The lowest BCUT2D eigenvalue weighted by molar-refractivity contribution is -0.129. The average molecular weight is 355 g/mol. The molecule has 3 rings (SSSR count). The number of thiophene rings is 1. The Morgan fingerprint density at radius 2 is 1.92 bits per heavy atom. The molecule has 4 nitrogen and oxygen atoms in total. The molecule has 2 aromatic rings. The van der Waals surface area contributed by atoms with Crippen LogP contribution in [0.4, 0.5) is 0 Å². The summed E-state index contributed by atoms with van der Waals surface area (Å²) in [4.78, 5) is 27.6. The average Bonchev–Trinajstić information content (AvgIpc) is 3.25. The van der Waals surface area contributed by atoms with E-state index in [1.807, 2.05) is 36.6 Å². The molecule has 2 heterocycles. The highest BCUT2D eigenvalue weighted by molar-refractivity contribution is 7.12. The van der Waals surface area contributed by atoms with E-state index < -0.39 is 17.7 Å². The molecule has 1 aliphatic rings. The molecule has 0 radical (unpaired) electrons. The van der Waals surface area contributed by atoms with E-state index in [2.05, 4.69) is 6.92 Å². The minimum atomic E-state index is -0.534. The highest BCUT2D eigenvalue weighted by Gasteiger charge is 2.43. The number of aryl methyl sites for hydroxylation is 1. The van der Waals surface area contributed by atoms with Crippen LogP contribution in [0.5, 0.6) is 0 Å². The topological polar surface area (TPSA) is 57.6 Å². The fourth-order valence-electron chi connectivity index (χ4n) is 3.18. The van der Waals surface area contributed by atoms with Crippen LogP contribution in [0.2, 0.25) is 0 Å². The first-order valence-electron chi connectivity index (χ1n) is 8.49. The molecular formula is C20H21NO3S. The van der Waals surface area contributed by atoms with Crippen LogP contribution in [0.3, 0.4) is 0 Å². The number of nitrogens with zero attached hydrogens (tertiary/aromatic N) is 1. The first kappa shape index (κ1) is 17.4. The smallest absolute Gasteiger partial charge is 0.290 e. The van der Waals surface area contributed by atoms with Crippen molar-refractivity contribution in [1.82, 2.24) is 4.90 Å². The quantitative estimate of drug-likeness (QED) is 0.786. The molecule has 1 amide bonds. The van der Waals surface area contributed by atoms with Gasteiger partial charge < -0.3 is 10.0 Å². The van der Waals surface area contributed by atoms with Gasteiger partial charge in [-0.2, -0.15) is 0 Å². The molecule has 1 atom stereocenters. The number of Topliss-reactive ketones (excluding diaryl/α,β-unsaturated/α-hetero) is 1. The molecular weight excluding hydrogens is 334 g/mol. The summed E-state index contributed by atoms with van der Waals surface area (Å²) in [7, 11) is 0. The summed E-state index contributed by atoms with van der Waals surface area (Å²) in [5.41, 5.74) is 2.22. The lowest BCUT2D eigenvalue weighted by atomic mass is 9.94. The van der Waals surface area contributed by atoms with Gasteiger partial charge in [-0.25, -0.2) is 0 Å². The number of benzene rings is 1. The normalized spacial score (nSPS) is 17.4. The number of aliphatic hydroxyl groups excluding tert-OH is 1. The molecule has 1 N–H and O–H groups in total. The van der Waals surface area contributed by atoms with Crippen LogP contribution in [-0.2, 0) is 11.2 Å². The van der Waals surface area contributed by atoms with Gasteiger partial charge in [-0.3, -0.25) is 9.59 Å². The zero-order valence-corrected chi connectivity index (χ0v) is 15.2. The molecule has 0 fully saturated rings. The lowest BCUT2D eigenvalue weighted by Crippen LogP contribution is -2.31. The summed E-state index contributed by atoms with van der Waals surface area (Å²) in [5.74, 6) is -1.16. The summed E-state index contributed by atoms with van der Waals surface area (Å²) in [6.07, 6.45) is 1.67. The van der Waals surface area contributed by atoms with E-state index in [1.54, 1.807) is 17.0 Å². The van der Waals surface area contributed by atoms with Gasteiger partial charge in [0, 0.05) is 6.54 Å². The second-order valence-corrected chi connectivity index (χ2v) is 7.01. The summed E-state index contributed by atoms with van der Waals surface area (Å²) in [6, 6.07) is 10.9. The molecule has 0 aliphatic carbocycles. The Morgan fingerprint density at radius 1 is 1.20 bits per heavy atom. The highest BCUT2D eigenvalue weighted by Crippen LogP contribution is 2.39. The maximum Gasteiger partial charge on any atom is 0.290 e. The first-order valence-corrected chi connectivity index (χ1v) is 9.37. The van der Waals surface area contributed by atoms with Crippen molar-refractivity contribution in [2.45, 2.75) is 32.7 Å². The Hall–Kier alpha value is -2.40. The van der Waals surface area contributed by atoms with Crippen LogP contribution >= 0.6 is 11.3 Å². The van der Waals surface area contributed by atoms with Crippen molar-refractivity contribution >= 4 is 23.0 Å². The molecule has 130 valence electrons. The fraction of sp³-hybridized carbons (Fsp3) is 0.300. The van der Waals surface area contributed by atoms with Crippen LogP contribution < -0.4 is 0 Å². The van der Waals surface area contributed by atoms with Crippen molar-refractivity contribution in [3.8, 4) is 0 Å². The maximum atomic E-state index is 12.9. The third kappa shape index (κ3) is 3.12. The van der Waals surface area contributed by atoms with Gasteiger partial charge in [0.25, 0.3) is 5.91 Å². The first-order chi connectivity index (χ1) is 12.1. The van der Waals surface area contributed by atoms with Crippen LogP contribution in [0, 0.1) is 0 Å². The van der Waals surface area contributed by atoms with E-state index in [9.17, 15) is 14.7 Å². The minimum Gasteiger partial charge on any atom is -0.503 e. The number of amides is 1. The third-order valence-corrected chi connectivity index (χ3v) is 5.33. The largest absolute Gasteiger partial charge is 0.503 e. The molecule has 0 spiro atoms. The molecule has 1 aromatic heterocycles. The fourth-order valence-corrected chi connectivity index (χ4v) is 3.86. The predicted octanol–water partition coefficient (Wildman–Crippen LogP) is 4.30. The van der Waals surface area contributed by atoms with Crippen molar-refractivity contribution in [2.75, 3.05) is 6.54 Å². The number of rotatable bonds is 6. The van der Waals surface area contributed by atoms with Crippen molar-refractivity contribution in [2.24, 2.45) is 0 Å². The molecule has 5 heteroatoms. The zero-order valence-electron chi connectivity index (χ0n) is 14.4. The molecule has 0 saturated heterocycles. The summed E-state index contributed by atoms with van der Waals surface area (Å²) >= 11 is 1.31. The molecule has 1 unspecified atom stereocenters. The van der Waals surface area contributed by atoms with Crippen molar-refractivity contribution < 1.29 is 14.7 Å².